The molecule has 1 fully saturated rings. The van der Waals surface area contributed by atoms with E-state index >= 15 is 0 Å². The molecule has 0 radical (unpaired) electrons. The number of nitriles is 1. The number of rotatable bonds is 5. The molecule has 156 valence electrons. The van der Waals surface area contributed by atoms with Crippen LogP contribution in [0.5, 0.6) is 0 Å². The van der Waals surface area contributed by atoms with Gasteiger partial charge in [0.05, 0.1) is 18.2 Å². The van der Waals surface area contributed by atoms with Gasteiger partial charge in [-0.1, -0.05) is 12.1 Å². The van der Waals surface area contributed by atoms with Crippen molar-refractivity contribution >= 4 is 34.5 Å². The Kier molecular flexibility index (Phi) is 6.09. The van der Waals surface area contributed by atoms with E-state index in [9.17, 15) is 14.7 Å². The average Bonchev–Trinajstić information content (AvgIpc) is 3.34. The zero-order chi connectivity index (χ0) is 21.8. The van der Waals surface area contributed by atoms with E-state index in [1.54, 1.807) is 35.6 Å². The number of nitrogens with one attached hydrogen (secondary N) is 1. The molecule has 0 saturated carbocycles. The first-order valence-corrected chi connectivity index (χ1v) is 10.6. The molecule has 2 amide bonds. The van der Waals surface area contributed by atoms with Crippen LogP contribution < -0.4 is 10.2 Å². The minimum absolute atomic E-state index is 0.198. The van der Waals surface area contributed by atoms with E-state index in [0.717, 1.165) is 11.1 Å². The first kappa shape index (κ1) is 20.8. The van der Waals surface area contributed by atoms with Gasteiger partial charge < -0.3 is 20.1 Å². The van der Waals surface area contributed by atoms with Crippen molar-refractivity contribution < 1.29 is 19.4 Å². The smallest absolute Gasteiger partial charge is 0.259 e. The van der Waals surface area contributed by atoms with E-state index < -0.39 is 24.0 Å². The Morgan fingerprint density at radius 2 is 1.90 bits per heavy atom. The summed E-state index contributed by atoms with van der Waals surface area (Å²) < 4.78 is 5.44. The van der Waals surface area contributed by atoms with Crippen LogP contribution in [0.1, 0.15) is 5.56 Å². The highest BCUT2D eigenvalue weighted by molar-refractivity contribution is 7.08. The summed E-state index contributed by atoms with van der Waals surface area (Å²) in [6.45, 7) is 0.529. The van der Waals surface area contributed by atoms with Gasteiger partial charge in [-0.2, -0.15) is 16.6 Å². The van der Waals surface area contributed by atoms with Crippen LogP contribution in [0.2, 0.25) is 0 Å². The van der Waals surface area contributed by atoms with Gasteiger partial charge in [-0.3, -0.25) is 9.59 Å². The maximum atomic E-state index is 12.9. The Hall–Kier alpha value is -3.51. The summed E-state index contributed by atoms with van der Waals surface area (Å²) in [5.41, 5.74) is 3.69. The van der Waals surface area contributed by atoms with Crippen molar-refractivity contribution in [2.24, 2.45) is 0 Å². The maximum Gasteiger partial charge on any atom is 0.259 e. The lowest BCUT2D eigenvalue weighted by Gasteiger charge is -2.34. The van der Waals surface area contributed by atoms with Gasteiger partial charge in [0.15, 0.2) is 12.2 Å². The quantitative estimate of drug-likeness (QED) is 0.644. The highest BCUT2D eigenvalue weighted by Gasteiger charge is 2.39. The normalized spacial score (nSPS) is 17.1. The number of aliphatic hydroxyl groups is 1. The van der Waals surface area contributed by atoms with Gasteiger partial charge in [-0.15, -0.1) is 0 Å². The second-order valence-corrected chi connectivity index (χ2v) is 7.74. The molecule has 1 saturated heterocycles. The van der Waals surface area contributed by atoms with E-state index in [1.807, 2.05) is 47.2 Å². The number of amides is 2. The van der Waals surface area contributed by atoms with Crippen molar-refractivity contribution in [1.29, 1.82) is 5.26 Å². The van der Waals surface area contributed by atoms with E-state index in [1.165, 1.54) is 4.90 Å². The van der Waals surface area contributed by atoms with Crippen LogP contribution in [-0.2, 0) is 14.3 Å². The zero-order valence-electron chi connectivity index (χ0n) is 16.4. The molecule has 1 aliphatic rings. The predicted octanol–water partition coefficient (Wildman–Crippen LogP) is 3.02. The van der Waals surface area contributed by atoms with E-state index in [2.05, 4.69) is 5.32 Å². The van der Waals surface area contributed by atoms with E-state index in [0.29, 0.717) is 23.5 Å². The lowest BCUT2D eigenvalue weighted by molar-refractivity contribution is -0.150. The summed E-state index contributed by atoms with van der Waals surface area (Å²) in [7, 11) is 0. The van der Waals surface area contributed by atoms with Gasteiger partial charge >= 0.3 is 0 Å². The summed E-state index contributed by atoms with van der Waals surface area (Å²) in [5, 5.41) is 25.9. The molecule has 8 heteroatoms. The number of anilines is 2. The number of aliphatic hydroxyl groups excluding tert-OH is 1. The number of nitrogens with zero attached hydrogens (tertiary/aromatic N) is 2. The molecule has 1 aliphatic heterocycles. The van der Waals surface area contributed by atoms with E-state index in [-0.39, 0.29) is 6.61 Å². The Balaban J connectivity index is 1.44. The standard InChI is InChI=1S/C23H19N3O4S/c24-13-15-1-5-18(6-2-15)25-22(28)20(27)21-23(29)26(10-11-30-21)19-7-3-16(4-8-19)17-9-12-31-14-17/h1-9,12,14,20-21,27H,10-11H2,(H,25,28)/t20-,21-/m1/s1. The molecule has 4 rings (SSSR count). The summed E-state index contributed by atoms with van der Waals surface area (Å²) in [6, 6.07) is 17.8. The highest BCUT2D eigenvalue weighted by Crippen LogP contribution is 2.27. The number of hydrogen-bond donors (Lipinski definition) is 2. The topological polar surface area (TPSA) is 103 Å². The minimum Gasteiger partial charge on any atom is -0.380 e. The van der Waals surface area contributed by atoms with Crippen LogP contribution >= 0.6 is 11.3 Å². The molecule has 2 heterocycles. The third-order valence-corrected chi connectivity index (χ3v) is 5.68. The molecule has 0 unspecified atom stereocenters. The monoisotopic (exact) mass is 433 g/mol. The molecule has 2 aromatic carbocycles. The fourth-order valence-electron chi connectivity index (χ4n) is 3.33. The summed E-state index contributed by atoms with van der Waals surface area (Å²) >= 11 is 1.61. The van der Waals surface area contributed by atoms with Crippen molar-refractivity contribution in [3.8, 4) is 17.2 Å². The van der Waals surface area contributed by atoms with Gasteiger partial charge in [0.25, 0.3) is 11.8 Å². The summed E-state index contributed by atoms with van der Waals surface area (Å²) in [4.78, 5) is 26.9. The summed E-state index contributed by atoms with van der Waals surface area (Å²) in [6.07, 6.45) is -2.97. The number of benzene rings is 2. The molecule has 3 aromatic rings. The van der Waals surface area contributed by atoms with Crippen LogP contribution in [0.3, 0.4) is 0 Å². The number of carbonyl (C=O) groups excluding carboxylic acids is 2. The van der Waals surface area contributed by atoms with Crippen molar-refractivity contribution in [3.05, 3.63) is 70.9 Å². The zero-order valence-corrected chi connectivity index (χ0v) is 17.2. The van der Waals surface area contributed by atoms with E-state index in [4.69, 9.17) is 10.00 Å². The largest absolute Gasteiger partial charge is 0.380 e. The van der Waals surface area contributed by atoms with Gasteiger partial charge in [0.1, 0.15) is 0 Å². The van der Waals surface area contributed by atoms with Crippen molar-refractivity contribution in [3.63, 3.8) is 0 Å². The van der Waals surface area contributed by atoms with Crippen molar-refractivity contribution in [2.45, 2.75) is 12.2 Å². The molecule has 2 atom stereocenters. The second kappa shape index (κ2) is 9.10. The van der Waals surface area contributed by atoms with Crippen molar-refractivity contribution in [2.75, 3.05) is 23.4 Å². The van der Waals surface area contributed by atoms with Gasteiger partial charge in [-0.25, -0.2) is 0 Å². The lowest BCUT2D eigenvalue weighted by atomic mass is 10.1. The molecule has 0 spiro atoms. The fraction of sp³-hybridized carbons (Fsp3) is 0.174. The van der Waals surface area contributed by atoms with Crippen LogP contribution in [0.4, 0.5) is 11.4 Å². The van der Waals surface area contributed by atoms with Gasteiger partial charge in [0, 0.05) is 17.9 Å². The fourth-order valence-corrected chi connectivity index (χ4v) is 4.00. The van der Waals surface area contributed by atoms with Crippen LogP contribution in [0.25, 0.3) is 11.1 Å². The Morgan fingerprint density at radius 1 is 1.16 bits per heavy atom. The second-order valence-electron chi connectivity index (χ2n) is 6.96. The molecule has 0 aliphatic carbocycles. The van der Waals surface area contributed by atoms with Gasteiger partial charge in [0.2, 0.25) is 0 Å². The van der Waals surface area contributed by atoms with Crippen molar-refractivity contribution in [1.82, 2.24) is 0 Å². The number of carbonyl (C=O) groups is 2. The predicted molar refractivity (Wildman–Crippen MR) is 118 cm³/mol. The maximum absolute atomic E-state index is 12.9. The van der Waals surface area contributed by atoms with Crippen LogP contribution in [-0.4, -0.2) is 42.3 Å². The highest BCUT2D eigenvalue weighted by atomic mass is 32.1. The first-order chi connectivity index (χ1) is 15.1. The molecule has 7 nitrogen and oxygen atoms in total. The lowest BCUT2D eigenvalue weighted by Crippen LogP contribution is -2.55. The Labute approximate surface area is 183 Å². The Morgan fingerprint density at radius 3 is 2.55 bits per heavy atom. The SMILES string of the molecule is N#Cc1ccc(NC(=O)[C@H](O)[C@H]2OCCN(c3ccc(-c4ccsc4)cc3)C2=O)cc1. The molecule has 0 bridgehead atoms. The van der Waals surface area contributed by atoms with Gasteiger partial charge in [-0.05, 0) is 64.4 Å². The minimum atomic E-state index is -1.67. The number of hydrogen-bond acceptors (Lipinski definition) is 6. The van der Waals surface area contributed by atoms with Crippen LogP contribution in [0.15, 0.2) is 65.4 Å². The molecular formula is C23H19N3O4S. The molecule has 2 N–H and O–H groups in total. The third-order valence-electron chi connectivity index (χ3n) is 4.99. The number of ether oxygens (including phenoxy) is 1. The molecule has 31 heavy (non-hydrogen) atoms. The Bertz CT molecular complexity index is 1110. The number of thiophene rings is 1. The first-order valence-electron chi connectivity index (χ1n) is 9.61. The average molecular weight is 433 g/mol. The molecule has 1 aromatic heterocycles. The number of morpholine rings is 1. The summed E-state index contributed by atoms with van der Waals surface area (Å²) in [5.74, 6) is -1.23. The third kappa shape index (κ3) is 4.49. The molecular weight excluding hydrogens is 414 g/mol. The van der Waals surface area contributed by atoms with Crippen LogP contribution in [0, 0.1) is 11.3 Å².